The van der Waals surface area contributed by atoms with Gasteiger partial charge in [0, 0.05) is 38.1 Å². The average molecular weight is 558 g/mol. The highest BCUT2D eigenvalue weighted by Gasteiger charge is 2.27. The smallest absolute Gasteiger partial charge is 0.343 e. The number of aromatic nitrogens is 3. The molecule has 1 aliphatic rings. The number of carbonyl (C=O) groups excluding carboxylic acids is 1. The summed E-state index contributed by atoms with van der Waals surface area (Å²) >= 11 is 0. The molecule has 2 aromatic carbocycles. The monoisotopic (exact) mass is 557 g/mol. The van der Waals surface area contributed by atoms with Gasteiger partial charge >= 0.3 is 5.97 Å². The van der Waals surface area contributed by atoms with Crippen LogP contribution in [0.3, 0.4) is 0 Å². The van der Waals surface area contributed by atoms with Crippen molar-refractivity contribution >= 4 is 39.9 Å². The second kappa shape index (κ2) is 11.5. The molecule has 0 unspecified atom stereocenters. The van der Waals surface area contributed by atoms with Gasteiger partial charge in [-0.2, -0.15) is 4.98 Å². The van der Waals surface area contributed by atoms with Gasteiger partial charge in [0.05, 0.1) is 22.2 Å². The number of nitrogens with zero attached hydrogens (tertiary/aromatic N) is 6. The fraction of sp³-hybridized carbons (Fsp3) is 0.367. The number of rotatable bonds is 9. The van der Waals surface area contributed by atoms with Gasteiger partial charge in [-0.1, -0.05) is 18.2 Å². The first-order chi connectivity index (χ1) is 19.6. The van der Waals surface area contributed by atoms with Crippen LogP contribution in [0.1, 0.15) is 42.6 Å². The van der Waals surface area contributed by atoms with Crippen LogP contribution in [0.5, 0.6) is 0 Å². The van der Waals surface area contributed by atoms with Gasteiger partial charge in [0.1, 0.15) is 11.3 Å². The van der Waals surface area contributed by atoms with Gasteiger partial charge in [-0.25, -0.2) is 9.78 Å². The molecule has 3 heterocycles. The van der Waals surface area contributed by atoms with Crippen LogP contribution in [0.4, 0.5) is 23.0 Å². The summed E-state index contributed by atoms with van der Waals surface area (Å²) in [6.07, 6.45) is 5.15. The summed E-state index contributed by atoms with van der Waals surface area (Å²) in [4.78, 5) is 38.1. The van der Waals surface area contributed by atoms with Crippen LogP contribution in [-0.4, -0.2) is 69.7 Å². The van der Waals surface area contributed by atoms with E-state index in [-0.39, 0.29) is 28.2 Å². The number of benzene rings is 2. The number of nitro groups is 1. The van der Waals surface area contributed by atoms with E-state index in [1.165, 1.54) is 12.3 Å². The molecule has 1 atom stereocenters. The summed E-state index contributed by atoms with van der Waals surface area (Å²) < 4.78 is 7.27. The third-order valence-electron chi connectivity index (χ3n) is 7.49. The molecule has 1 fully saturated rings. The molecular formula is C30H35N7O4. The van der Waals surface area contributed by atoms with Gasteiger partial charge in [-0.3, -0.25) is 10.1 Å². The van der Waals surface area contributed by atoms with Crippen LogP contribution in [0.15, 0.2) is 54.9 Å². The maximum atomic E-state index is 13.0. The van der Waals surface area contributed by atoms with E-state index in [2.05, 4.69) is 22.2 Å². The fourth-order valence-electron chi connectivity index (χ4n) is 5.32. The standard InChI is InChI=1S/C30H35N7O4/c1-19(2)41-29(38)23-17-31-30(33-28(23)36-14-12-21-9-6-7-11-25(21)36)32-24-16-27(37(39)40)26(15-20(24)3)35(5)18-22-10-8-13-34(22)4/h6-7,9,11-12,14-17,19,22H,8,10,13,18H2,1-5H3,(H,31,32,33)/t22-/m1/s1. The molecule has 0 spiro atoms. The van der Waals surface area contributed by atoms with E-state index in [0.717, 1.165) is 35.9 Å². The first kappa shape index (κ1) is 28.0. The molecule has 0 amide bonds. The number of nitrogens with one attached hydrogen (secondary N) is 1. The van der Waals surface area contributed by atoms with Crippen LogP contribution in [0.2, 0.25) is 0 Å². The molecule has 0 bridgehead atoms. The SMILES string of the molecule is Cc1cc(N(C)C[C@H]2CCCN2C)c([N+](=O)[O-])cc1Nc1ncc(C(=O)OC(C)C)c(-n2ccc3ccccc32)n1. The summed E-state index contributed by atoms with van der Waals surface area (Å²) in [6, 6.07) is 13.4. The maximum absolute atomic E-state index is 13.0. The number of nitro benzene ring substituents is 1. The molecule has 11 nitrogen and oxygen atoms in total. The van der Waals surface area contributed by atoms with Gasteiger partial charge < -0.3 is 24.4 Å². The number of hydrogen-bond acceptors (Lipinski definition) is 9. The Morgan fingerprint density at radius 2 is 2.05 bits per heavy atom. The number of ether oxygens (including phenoxy) is 1. The van der Waals surface area contributed by atoms with E-state index in [4.69, 9.17) is 9.72 Å². The van der Waals surface area contributed by atoms with E-state index in [9.17, 15) is 14.9 Å². The number of aryl methyl sites for hydroxylation is 1. The molecule has 0 saturated carbocycles. The highest BCUT2D eigenvalue weighted by molar-refractivity contribution is 5.94. The lowest BCUT2D eigenvalue weighted by atomic mass is 10.1. The Balaban J connectivity index is 1.51. The first-order valence-electron chi connectivity index (χ1n) is 13.7. The molecule has 1 aliphatic heterocycles. The van der Waals surface area contributed by atoms with Gasteiger partial charge in [0.25, 0.3) is 5.69 Å². The van der Waals surface area contributed by atoms with Gasteiger partial charge in [0.15, 0.2) is 5.82 Å². The molecule has 1 saturated heterocycles. The number of carbonyl (C=O) groups is 1. The van der Waals surface area contributed by atoms with E-state index in [1.807, 2.05) is 66.0 Å². The van der Waals surface area contributed by atoms with Crippen LogP contribution in [0, 0.1) is 17.0 Å². The fourth-order valence-corrected chi connectivity index (χ4v) is 5.32. The molecule has 0 aliphatic carbocycles. The Kier molecular flexibility index (Phi) is 7.89. The number of para-hydroxylation sites is 1. The van der Waals surface area contributed by atoms with Gasteiger partial charge in [-0.15, -0.1) is 0 Å². The summed E-state index contributed by atoms with van der Waals surface area (Å²) in [5.41, 5.74) is 2.94. The van der Waals surface area contributed by atoms with Crippen molar-refractivity contribution in [3.63, 3.8) is 0 Å². The quantitative estimate of drug-likeness (QED) is 0.162. The predicted octanol–water partition coefficient (Wildman–Crippen LogP) is 5.48. The minimum Gasteiger partial charge on any atom is -0.459 e. The van der Waals surface area contributed by atoms with E-state index in [0.29, 0.717) is 29.8 Å². The van der Waals surface area contributed by atoms with Crippen molar-refractivity contribution in [3.05, 3.63) is 76.1 Å². The number of anilines is 3. The van der Waals surface area contributed by atoms with E-state index >= 15 is 0 Å². The van der Waals surface area contributed by atoms with Crippen LogP contribution < -0.4 is 10.2 Å². The Morgan fingerprint density at radius 3 is 2.76 bits per heavy atom. The van der Waals surface area contributed by atoms with Crippen LogP contribution >= 0.6 is 0 Å². The normalized spacial score (nSPS) is 15.4. The van der Waals surface area contributed by atoms with Crippen molar-refractivity contribution in [2.45, 2.75) is 45.8 Å². The molecule has 11 heteroatoms. The lowest BCUT2D eigenvalue weighted by Crippen LogP contribution is -2.36. The maximum Gasteiger partial charge on any atom is 0.343 e. The minimum atomic E-state index is -0.536. The van der Waals surface area contributed by atoms with Crippen molar-refractivity contribution in [2.75, 3.05) is 37.4 Å². The number of likely N-dealkylation sites (tertiary alicyclic amines) is 1. The zero-order chi connectivity index (χ0) is 29.3. The molecule has 0 radical (unpaired) electrons. The van der Waals surface area contributed by atoms with Crippen LogP contribution in [-0.2, 0) is 4.74 Å². The van der Waals surface area contributed by atoms with Crippen molar-refractivity contribution in [1.29, 1.82) is 0 Å². The molecule has 214 valence electrons. The second-order valence-electron chi connectivity index (χ2n) is 10.8. The topological polar surface area (TPSA) is 119 Å². The molecule has 41 heavy (non-hydrogen) atoms. The van der Waals surface area contributed by atoms with Gasteiger partial charge in [-0.05, 0) is 76.4 Å². The van der Waals surface area contributed by atoms with Crippen molar-refractivity contribution in [3.8, 4) is 5.82 Å². The number of esters is 1. The summed E-state index contributed by atoms with van der Waals surface area (Å²) in [6.45, 7) is 7.19. The Labute approximate surface area is 238 Å². The molecule has 5 rings (SSSR count). The largest absolute Gasteiger partial charge is 0.459 e. The summed E-state index contributed by atoms with van der Waals surface area (Å²) in [5.74, 6) is 0.00921. The number of hydrogen-bond donors (Lipinski definition) is 1. The molecular weight excluding hydrogens is 522 g/mol. The van der Waals surface area contributed by atoms with Gasteiger partial charge in [0.2, 0.25) is 5.95 Å². The second-order valence-corrected chi connectivity index (χ2v) is 10.8. The van der Waals surface area contributed by atoms with Crippen LogP contribution in [0.25, 0.3) is 16.7 Å². The highest BCUT2D eigenvalue weighted by Crippen LogP contribution is 2.35. The molecule has 2 aromatic heterocycles. The summed E-state index contributed by atoms with van der Waals surface area (Å²) in [5, 5.41) is 16.3. The van der Waals surface area contributed by atoms with E-state index < -0.39 is 5.97 Å². The Bertz CT molecular complexity index is 1600. The lowest BCUT2D eigenvalue weighted by Gasteiger charge is -2.27. The predicted molar refractivity (Wildman–Crippen MR) is 159 cm³/mol. The first-order valence-corrected chi connectivity index (χ1v) is 13.7. The molecule has 1 N–H and O–H groups in total. The summed E-state index contributed by atoms with van der Waals surface area (Å²) in [7, 11) is 3.99. The Hall–Kier alpha value is -4.51. The average Bonchev–Trinajstić information content (AvgIpc) is 3.54. The third kappa shape index (κ3) is 5.85. The van der Waals surface area contributed by atoms with E-state index in [1.54, 1.807) is 13.8 Å². The third-order valence-corrected chi connectivity index (χ3v) is 7.49. The molecule has 4 aromatic rings. The lowest BCUT2D eigenvalue weighted by molar-refractivity contribution is -0.384. The zero-order valence-electron chi connectivity index (χ0n) is 24.0. The Morgan fingerprint density at radius 1 is 1.27 bits per heavy atom. The van der Waals surface area contributed by atoms with Crippen molar-refractivity contribution in [1.82, 2.24) is 19.4 Å². The highest BCUT2D eigenvalue weighted by atomic mass is 16.6. The van der Waals surface area contributed by atoms with Crippen molar-refractivity contribution < 1.29 is 14.5 Å². The minimum absolute atomic E-state index is 0.00462. The number of likely N-dealkylation sites (N-methyl/N-ethyl adjacent to an activating group) is 2. The zero-order valence-corrected chi connectivity index (χ0v) is 24.0. The van der Waals surface area contributed by atoms with Crippen molar-refractivity contribution in [2.24, 2.45) is 0 Å². The number of fused-ring (bicyclic) bond motifs is 1.